The van der Waals surface area contributed by atoms with Gasteiger partial charge in [-0.25, -0.2) is 0 Å². The van der Waals surface area contributed by atoms with Gasteiger partial charge in [0.1, 0.15) is 0 Å². The summed E-state index contributed by atoms with van der Waals surface area (Å²) in [6.07, 6.45) is 6.57. The van der Waals surface area contributed by atoms with E-state index in [-0.39, 0.29) is 17.5 Å². The first-order chi connectivity index (χ1) is 11.2. The van der Waals surface area contributed by atoms with Gasteiger partial charge in [0.15, 0.2) is 0 Å². The second-order valence-electron chi connectivity index (χ2n) is 7.58. The molecule has 124 valence electrons. The Morgan fingerprint density at radius 3 is 2.78 bits per heavy atom. The Morgan fingerprint density at radius 2 is 2.09 bits per heavy atom. The van der Waals surface area contributed by atoms with Crippen LogP contribution in [0.1, 0.15) is 63.1 Å². The maximum atomic E-state index is 12.7. The van der Waals surface area contributed by atoms with Crippen LogP contribution in [0.3, 0.4) is 0 Å². The molecule has 1 saturated heterocycles. The van der Waals surface area contributed by atoms with Crippen molar-refractivity contribution in [2.45, 2.75) is 57.4 Å². The van der Waals surface area contributed by atoms with E-state index < -0.39 is 0 Å². The first kappa shape index (κ1) is 15.0. The molecular formula is C19H26N2O2. The van der Waals surface area contributed by atoms with E-state index >= 15 is 0 Å². The van der Waals surface area contributed by atoms with E-state index in [1.165, 1.54) is 6.42 Å². The lowest BCUT2D eigenvalue weighted by Crippen LogP contribution is -2.52. The third-order valence-electron chi connectivity index (χ3n) is 6.15. The zero-order valence-corrected chi connectivity index (χ0v) is 13.9. The van der Waals surface area contributed by atoms with Crippen LogP contribution in [0.25, 0.3) is 0 Å². The standard InChI is InChI=1S/C19H26N2O2/c1-2-5-16-14-10-15(17-8-4-9-18(22)21(16)17)12-20(11-14)19(23)13-6-3-7-13/h4,8-9,13-16H,2-3,5-7,10-12H2,1H3/t14-,15+,16-/m0/s1. The van der Waals surface area contributed by atoms with Crippen molar-refractivity contribution in [1.82, 2.24) is 9.47 Å². The minimum Gasteiger partial charge on any atom is -0.341 e. The molecule has 4 nitrogen and oxygen atoms in total. The molecule has 0 radical (unpaired) electrons. The Kier molecular flexibility index (Phi) is 3.78. The van der Waals surface area contributed by atoms with Crippen molar-refractivity contribution < 1.29 is 4.79 Å². The van der Waals surface area contributed by atoms with Crippen LogP contribution in [-0.4, -0.2) is 28.5 Å². The van der Waals surface area contributed by atoms with Gasteiger partial charge in [0.2, 0.25) is 5.91 Å². The number of piperidine rings is 1. The van der Waals surface area contributed by atoms with Gasteiger partial charge >= 0.3 is 0 Å². The molecule has 2 aliphatic heterocycles. The van der Waals surface area contributed by atoms with Crippen molar-refractivity contribution >= 4 is 5.91 Å². The molecule has 2 fully saturated rings. The Labute approximate surface area is 137 Å². The van der Waals surface area contributed by atoms with Crippen molar-refractivity contribution in [1.29, 1.82) is 0 Å². The fourth-order valence-corrected chi connectivity index (χ4v) is 4.80. The Bertz CT molecular complexity index is 662. The van der Waals surface area contributed by atoms with E-state index in [0.29, 0.717) is 17.7 Å². The zero-order valence-electron chi connectivity index (χ0n) is 13.9. The highest BCUT2D eigenvalue weighted by Crippen LogP contribution is 2.43. The summed E-state index contributed by atoms with van der Waals surface area (Å²) in [4.78, 5) is 27.3. The third-order valence-corrected chi connectivity index (χ3v) is 6.15. The van der Waals surface area contributed by atoms with Gasteiger partial charge in [-0.05, 0) is 37.7 Å². The van der Waals surface area contributed by atoms with Crippen molar-refractivity contribution in [3.05, 3.63) is 34.2 Å². The first-order valence-corrected chi connectivity index (χ1v) is 9.19. The van der Waals surface area contributed by atoms with Crippen LogP contribution in [0, 0.1) is 11.8 Å². The number of pyridine rings is 1. The van der Waals surface area contributed by atoms with E-state index in [1.54, 1.807) is 6.07 Å². The lowest BCUT2D eigenvalue weighted by atomic mass is 9.76. The molecule has 3 aliphatic rings. The Morgan fingerprint density at radius 1 is 1.26 bits per heavy atom. The highest BCUT2D eigenvalue weighted by atomic mass is 16.2. The number of aromatic nitrogens is 1. The maximum Gasteiger partial charge on any atom is 0.250 e. The second-order valence-corrected chi connectivity index (χ2v) is 7.58. The number of amides is 1. The fourth-order valence-electron chi connectivity index (χ4n) is 4.80. The Hall–Kier alpha value is -1.58. The average Bonchev–Trinajstić information content (AvgIpc) is 2.50. The number of carbonyl (C=O) groups excluding carboxylic acids is 1. The van der Waals surface area contributed by atoms with E-state index in [0.717, 1.165) is 50.9 Å². The van der Waals surface area contributed by atoms with Gasteiger partial charge in [0, 0.05) is 42.7 Å². The summed E-state index contributed by atoms with van der Waals surface area (Å²) in [7, 11) is 0. The molecule has 23 heavy (non-hydrogen) atoms. The summed E-state index contributed by atoms with van der Waals surface area (Å²) in [5.74, 6) is 1.41. The molecule has 1 aliphatic carbocycles. The third kappa shape index (κ3) is 2.43. The molecule has 2 bridgehead atoms. The molecule has 0 spiro atoms. The number of nitrogens with zero attached hydrogens (tertiary/aromatic N) is 2. The summed E-state index contributed by atoms with van der Waals surface area (Å²) >= 11 is 0. The first-order valence-electron chi connectivity index (χ1n) is 9.19. The van der Waals surface area contributed by atoms with Crippen LogP contribution in [0.4, 0.5) is 0 Å². The molecule has 0 unspecified atom stereocenters. The topological polar surface area (TPSA) is 42.3 Å². The van der Waals surface area contributed by atoms with Gasteiger partial charge < -0.3 is 9.47 Å². The SMILES string of the molecule is CCC[C@H]1[C@H]2C[C@H](CN(C(=O)C3CCC3)C2)c2cccc(=O)n21. The van der Waals surface area contributed by atoms with Gasteiger partial charge in [-0.3, -0.25) is 9.59 Å². The molecule has 1 aromatic heterocycles. The molecule has 4 rings (SSSR count). The van der Waals surface area contributed by atoms with Gasteiger partial charge in [-0.2, -0.15) is 0 Å². The normalized spacial score (nSPS) is 29.8. The lowest BCUT2D eigenvalue weighted by molar-refractivity contribution is -0.141. The molecular weight excluding hydrogens is 288 g/mol. The molecule has 0 N–H and O–H groups in total. The van der Waals surface area contributed by atoms with Gasteiger partial charge in [0.25, 0.3) is 5.56 Å². The van der Waals surface area contributed by atoms with Crippen LogP contribution in [0.2, 0.25) is 0 Å². The van der Waals surface area contributed by atoms with Gasteiger partial charge in [0.05, 0.1) is 0 Å². The van der Waals surface area contributed by atoms with E-state index in [9.17, 15) is 9.59 Å². The number of rotatable bonds is 3. The highest BCUT2D eigenvalue weighted by Gasteiger charge is 2.42. The predicted molar refractivity (Wildman–Crippen MR) is 89.4 cm³/mol. The van der Waals surface area contributed by atoms with Crippen LogP contribution in [0.5, 0.6) is 0 Å². The van der Waals surface area contributed by atoms with Crippen molar-refractivity contribution in [2.75, 3.05) is 13.1 Å². The number of carbonyl (C=O) groups is 1. The minimum absolute atomic E-state index is 0.134. The van der Waals surface area contributed by atoms with Crippen LogP contribution in [-0.2, 0) is 4.79 Å². The molecule has 3 atom stereocenters. The fraction of sp³-hybridized carbons (Fsp3) is 0.684. The minimum atomic E-state index is 0.134. The molecule has 3 heterocycles. The quantitative estimate of drug-likeness (QED) is 0.861. The van der Waals surface area contributed by atoms with Crippen LogP contribution < -0.4 is 5.56 Å². The Balaban J connectivity index is 1.67. The summed E-state index contributed by atoms with van der Waals surface area (Å²) in [5, 5.41) is 0. The monoisotopic (exact) mass is 314 g/mol. The van der Waals surface area contributed by atoms with Gasteiger partial charge in [-0.1, -0.05) is 25.8 Å². The smallest absolute Gasteiger partial charge is 0.250 e. The molecule has 4 heteroatoms. The highest BCUT2D eigenvalue weighted by molar-refractivity contribution is 5.79. The largest absolute Gasteiger partial charge is 0.341 e. The summed E-state index contributed by atoms with van der Waals surface area (Å²) in [6.45, 7) is 3.82. The van der Waals surface area contributed by atoms with Crippen molar-refractivity contribution in [2.24, 2.45) is 11.8 Å². The van der Waals surface area contributed by atoms with E-state index in [2.05, 4.69) is 17.9 Å². The predicted octanol–water partition coefficient (Wildman–Crippen LogP) is 2.94. The second kappa shape index (κ2) is 5.81. The molecule has 0 aromatic carbocycles. The molecule has 1 aromatic rings. The summed E-state index contributed by atoms with van der Waals surface area (Å²) in [6, 6.07) is 5.92. The van der Waals surface area contributed by atoms with Crippen molar-refractivity contribution in [3.63, 3.8) is 0 Å². The summed E-state index contributed by atoms with van der Waals surface area (Å²) in [5.41, 5.74) is 1.28. The molecule has 1 saturated carbocycles. The average molecular weight is 314 g/mol. The van der Waals surface area contributed by atoms with Crippen LogP contribution >= 0.6 is 0 Å². The van der Waals surface area contributed by atoms with E-state index in [1.807, 2.05) is 10.6 Å². The van der Waals surface area contributed by atoms with Gasteiger partial charge in [-0.15, -0.1) is 0 Å². The number of hydrogen-bond acceptors (Lipinski definition) is 2. The summed E-state index contributed by atoms with van der Waals surface area (Å²) < 4.78 is 2.05. The number of hydrogen-bond donors (Lipinski definition) is 0. The van der Waals surface area contributed by atoms with E-state index in [4.69, 9.17) is 0 Å². The number of fused-ring (bicyclic) bond motifs is 4. The molecule has 1 amide bonds. The zero-order chi connectivity index (χ0) is 16.0. The maximum absolute atomic E-state index is 12.7. The van der Waals surface area contributed by atoms with Crippen molar-refractivity contribution in [3.8, 4) is 0 Å². The lowest BCUT2D eigenvalue weighted by Gasteiger charge is -2.48. The van der Waals surface area contributed by atoms with Crippen LogP contribution in [0.15, 0.2) is 23.0 Å². The number of likely N-dealkylation sites (tertiary alicyclic amines) is 1.